The van der Waals surface area contributed by atoms with Crippen LogP contribution in [0.2, 0.25) is 0 Å². The van der Waals surface area contributed by atoms with Crippen LogP contribution in [0.4, 0.5) is 5.69 Å². The molecule has 1 heterocycles. The summed E-state index contributed by atoms with van der Waals surface area (Å²) in [5, 5.41) is 3.27. The lowest BCUT2D eigenvalue weighted by atomic mass is 10.0. The highest BCUT2D eigenvalue weighted by atomic mass is 32.2. The number of nitrogens with one attached hydrogen (secondary N) is 1. The third-order valence-corrected chi connectivity index (χ3v) is 5.44. The average Bonchev–Trinajstić information content (AvgIpc) is 2.44. The number of rotatable bonds is 5. The molecule has 0 spiro atoms. The van der Waals surface area contributed by atoms with Crippen LogP contribution < -0.4 is 5.32 Å². The second-order valence-electron chi connectivity index (χ2n) is 5.48. The van der Waals surface area contributed by atoms with Gasteiger partial charge < -0.3 is 10.2 Å². The molecule has 6 heteroatoms. The van der Waals surface area contributed by atoms with E-state index in [4.69, 9.17) is 0 Å². The van der Waals surface area contributed by atoms with Crippen LogP contribution in [-0.2, 0) is 16.4 Å². The molecule has 20 heavy (non-hydrogen) atoms. The molecule has 0 unspecified atom stereocenters. The zero-order chi connectivity index (χ0) is 14.8. The zero-order valence-corrected chi connectivity index (χ0v) is 13.2. The molecule has 0 aliphatic carbocycles. The number of hydrogen-bond acceptors (Lipinski definition) is 4. The first kappa shape index (κ1) is 15.3. The van der Waals surface area contributed by atoms with E-state index >= 15 is 0 Å². The predicted molar refractivity (Wildman–Crippen MR) is 81.6 cm³/mol. The Morgan fingerprint density at radius 2 is 1.95 bits per heavy atom. The van der Waals surface area contributed by atoms with E-state index in [1.807, 2.05) is 25.1 Å². The van der Waals surface area contributed by atoms with Gasteiger partial charge in [0.15, 0.2) is 0 Å². The molecule has 0 atom stereocenters. The number of benzene rings is 1. The number of aryl methyl sites for hydroxylation is 1. The van der Waals surface area contributed by atoms with Crippen molar-refractivity contribution in [1.29, 1.82) is 0 Å². The highest BCUT2D eigenvalue weighted by Crippen LogP contribution is 2.26. The number of fused-ring (bicyclic) bond motifs is 1. The first-order valence-corrected chi connectivity index (χ1v) is 8.33. The summed E-state index contributed by atoms with van der Waals surface area (Å²) in [5.41, 5.74) is 2.16. The Kier molecular flexibility index (Phi) is 4.67. The van der Waals surface area contributed by atoms with Crippen molar-refractivity contribution < 1.29 is 8.42 Å². The average molecular weight is 297 g/mol. The van der Waals surface area contributed by atoms with E-state index in [9.17, 15) is 8.42 Å². The van der Waals surface area contributed by atoms with Crippen LogP contribution in [0.5, 0.6) is 0 Å². The smallest absolute Gasteiger partial charge is 0.242 e. The fourth-order valence-corrected chi connectivity index (χ4v) is 3.43. The molecule has 2 rings (SSSR count). The summed E-state index contributed by atoms with van der Waals surface area (Å²) in [5.74, 6) is 0. The SMILES string of the molecule is CN(C)CCN(C)S(=O)(=O)c1ccc2c(c1)NCCC2. The summed E-state index contributed by atoms with van der Waals surface area (Å²) in [6.07, 6.45) is 2.11. The lowest BCUT2D eigenvalue weighted by molar-refractivity contribution is 0.358. The van der Waals surface area contributed by atoms with Crippen molar-refractivity contribution in [2.45, 2.75) is 17.7 Å². The summed E-state index contributed by atoms with van der Waals surface area (Å²) >= 11 is 0. The van der Waals surface area contributed by atoms with E-state index in [0.29, 0.717) is 18.0 Å². The zero-order valence-electron chi connectivity index (χ0n) is 12.4. The second kappa shape index (κ2) is 6.11. The van der Waals surface area contributed by atoms with Gasteiger partial charge in [0.25, 0.3) is 0 Å². The fourth-order valence-electron chi connectivity index (χ4n) is 2.24. The van der Waals surface area contributed by atoms with Gasteiger partial charge in [-0.2, -0.15) is 4.31 Å². The van der Waals surface area contributed by atoms with Crippen LogP contribution in [0, 0.1) is 0 Å². The molecule has 0 amide bonds. The summed E-state index contributed by atoms with van der Waals surface area (Å²) in [7, 11) is 2.10. The molecule has 1 aromatic rings. The minimum absolute atomic E-state index is 0.368. The van der Waals surface area contributed by atoms with Crippen molar-refractivity contribution in [3.63, 3.8) is 0 Å². The van der Waals surface area contributed by atoms with Crippen LogP contribution in [0.3, 0.4) is 0 Å². The molecule has 0 saturated heterocycles. The molecular formula is C14H23N3O2S. The number of hydrogen-bond donors (Lipinski definition) is 1. The minimum atomic E-state index is -3.40. The largest absolute Gasteiger partial charge is 0.385 e. The van der Waals surface area contributed by atoms with E-state index in [1.165, 1.54) is 9.87 Å². The Morgan fingerprint density at radius 1 is 1.20 bits per heavy atom. The van der Waals surface area contributed by atoms with Crippen molar-refractivity contribution in [2.75, 3.05) is 46.1 Å². The third-order valence-electron chi connectivity index (χ3n) is 3.59. The normalized spacial score (nSPS) is 15.2. The highest BCUT2D eigenvalue weighted by molar-refractivity contribution is 7.89. The number of sulfonamides is 1. The van der Waals surface area contributed by atoms with Crippen molar-refractivity contribution in [1.82, 2.24) is 9.21 Å². The van der Waals surface area contributed by atoms with Gasteiger partial charge in [-0.05, 0) is 44.6 Å². The van der Waals surface area contributed by atoms with Gasteiger partial charge in [-0.3, -0.25) is 0 Å². The van der Waals surface area contributed by atoms with Gasteiger partial charge in [-0.15, -0.1) is 0 Å². The number of nitrogens with zero attached hydrogens (tertiary/aromatic N) is 2. The highest BCUT2D eigenvalue weighted by Gasteiger charge is 2.22. The molecule has 0 aromatic heterocycles. The summed E-state index contributed by atoms with van der Waals surface area (Å²) in [4.78, 5) is 2.34. The Labute approximate surface area is 121 Å². The Bertz CT molecular complexity index is 570. The maximum absolute atomic E-state index is 12.5. The maximum Gasteiger partial charge on any atom is 0.242 e. The minimum Gasteiger partial charge on any atom is -0.385 e. The van der Waals surface area contributed by atoms with Crippen LogP contribution >= 0.6 is 0 Å². The molecule has 0 bridgehead atoms. The van der Waals surface area contributed by atoms with Crippen molar-refractivity contribution in [3.05, 3.63) is 23.8 Å². The first-order chi connectivity index (χ1) is 9.41. The predicted octanol–water partition coefficient (Wildman–Crippen LogP) is 1.23. The number of anilines is 1. The van der Waals surface area contributed by atoms with Gasteiger partial charge in [0.2, 0.25) is 10.0 Å². The molecule has 1 aliphatic rings. The number of likely N-dealkylation sites (N-methyl/N-ethyl adjacent to an activating group) is 2. The van der Waals surface area contributed by atoms with E-state index in [-0.39, 0.29) is 0 Å². The molecule has 0 saturated carbocycles. The Balaban J connectivity index is 2.20. The molecule has 0 radical (unpaired) electrons. The topological polar surface area (TPSA) is 52.7 Å². The quantitative estimate of drug-likeness (QED) is 0.888. The first-order valence-electron chi connectivity index (χ1n) is 6.89. The monoisotopic (exact) mass is 297 g/mol. The molecule has 1 aliphatic heterocycles. The Morgan fingerprint density at radius 3 is 2.65 bits per heavy atom. The van der Waals surface area contributed by atoms with Gasteiger partial charge in [-0.1, -0.05) is 6.07 Å². The standard InChI is InChI=1S/C14H23N3O2S/c1-16(2)9-10-17(3)20(18,19)13-7-6-12-5-4-8-15-14(12)11-13/h6-7,11,15H,4-5,8-10H2,1-3H3. The van der Waals surface area contributed by atoms with Crippen LogP contribution in [0.15, 0.2) is 23.1 Å². The lowest BCUT2D eigenvalue weighted by Gasteiger charge is -2.22. The summed E-state index contributed by atoms with van der Waals surface area (Å²) in [6.45, 7) is 2.10. The molecule has 1 N–H and O–H groups in total. The van der Waals surface area contributed by atoms with Crippen molar-refractivity contribution in [2.24, 2.45) is 0 Å². The van der Waals surface area contributed by atoms with Crippen LogP contribution in [-0.4, -0.2) is 58.4 Å². The van der Waals surface area contributed by atoms with E-state index < -0.39 is 10.0 Å². The van der Waals surface area contributed by atoms with Crippen molar-refractivity contribution in [3.8, 4) is 0 Å². The van der Waals surface area contributed by atoms with Crippen molar-refractivity contribution >= 4 is 15.7 Å². The second-order valence-corrected chi connectivity index (χ2v) is 7.52. The van der Waals surface area contributed by atoms with Crippen LogP contribution in [0.25, 0.3) is 0 Å². The van der Waals surface area contributed by atoms with Gasteiger partial charge in [0.05, 0.1) is 4.90 Å². The third kappa shape index (κ3) is 3.31. The Hall–Kier alpha value is -1.11. The summed E-state index contributed by atoms with van der Waals surface area (Å²) < 4.78 is 26.4. The fraction of sp³-hybridized carbons (Fsp3) is 0.571. The van der Waals surface area contributed by atoms with Gasteiger partial charge in [0.1, 0.15) is 0 Å². The molecule has 1 aromatic carbocycles. The van der Waals surface area contributed by atoms with Gasteiger partial charge in [0, 0.05) is 32.4 Å². The maximum atomic E-state index is 12.5. The summed E-state index contributed by atoms with van der Waals surface area (Å²) in [6, 6.07) is 5.40. The van der Waals surface area contributed by atoms with Gasteiger partial charge in [-0.25, -0.2) is 8.42 Å². The molecule has 5 nitrogen and oxygen atoms in total. The molecular weight excluding hydrogens is 274 g/mol. The molecule has 0 fully saturated rings. The van der Waals surface area contributed by atoms with Gasteiger partial charge >= 0.3 is 0 Å². The molecule has 112 valence electrons. The van der Waals surface area contributed by atoms with Crippen LogP contribution in [0.1, 0.15) is 12.0 Å². The lowest BCUT2D eigenvalue weighted by Crippen LogP contribution is -2.33. The van der Waals surface area contributed by atoms with E-state index in [2.05, 4.69) is 5.32 Å². The van der Waals surface area contributed by atoms with E-state index in [1.54, 1.807) is 19.2 Å². The van der Waals surface area contributed by atoms with E-state index in [0.717, 1.165) is 25.1 Å².